The largest absolute Gasteiger partial charge is 0.459 e. The Balaban J connectivity index is 1.39. The SMILES string of the molecule is N#Cc1c(NC(=O)CSc2nnc(-c3ccco3)o2)sc2c1CCCC2. The van der Waals surface area contributed by atoms with Crippen LogP contribution in [0.15, 0.2) is 32.5 Å². The number of nitrogens with one attached hydrogen (secondary N) is 1. The van der Waals surface area contributed by atoms with Crippen LogP contribution in [0.1, 0.15) is 28.8 Å². The fourth-order valence-corrected chi connectivity index (χ4v) is 4.65. The number of aryl methyl sites for hydroxylation is 1. The molecule has 0 bridgehead atoms. The summed E-state index contributed by atoms with van der Waals surface area (Å²) in [4.78, 5) is 13.5. The smallest absolute Gasteiger partial charge is 0.284 e. The number of hydrogen-bond acceptors (Lipinski definition) is 8. The fraction of sp³-hybridized carbons (Fsp3) is 0.294. The van der Waals surface area contributed by atoms with E-state index in [1.165, 1.54) is 22.5 Å². The van der Waals surface area contributed by atoms with Gasteiger partial charge in [-0.15, -0.1) is 21.5 Å². The molecule has 0 atom stereocenters. The highest BCUT2D eigenvalue weighted by molar-refractivity contribution is 7.99. The number of thiophene rings is 1. The third-order valence-corrected chi connectivity index (χ3v) is 6.03. The van der Waals surface area contributed by atoms with E-state index in [0.717, 1.165) is 43.0 Å². The van der Waals surface area contributed by atoms with Gasteiger partial charge in [0.1, 0.15) is 11.1 Å². The molecule has 1 aliphatic rings. The van der Waals surface area contributed by atoms with Gasteiger partial charge in [-0.3, -0.25) is 4.79 Å². The lowest BCUT2D eigenvalue weighted by Crippen LogP contribution is -2.14. The van der Waals surface area contributed by atoms with Gasteiger partial charge in [0.25, 0.3) is 11.1 Å². The number of nitriles is 1. The zero-order valence-electron chi connectivity index (χ0n) is 13.7. The van der Waals surface area contributed by atoms with E-state index in [4.69, 9.17) is 8.83 Å². The zero-order valence-corrected chi connectivity index (χ0v) is 15.3. The van der Waals surface area contributed by atoms with Gasteiger partial charge in [0.2, 0.25) is 5.91 Å². The van der Waals surface area contributed by atoms with Gasteiger partial charge in [0, 0.05) is 4.88 Å². The molecule has 9 heteroatoms. The summed E-state index contributed by atoms with van der Waals surface area (Å²) in [5.41, 5.74) is 1.72. The quantitative estimate of drug-likeness (QED) is 0.664. The van der Waals surface area contributed by atoms with Gasteiger partial charge in [-0.05, 0) is 43.4 Å². The van der Waals surface area contributed by atoms with Crippen molar-refractivity contribution in [1.29, 1.82) is 5.26 Å². The summed E-state index contributed by atoms with van der Waals surface area (Å²) in [6.45, 7) is 0. The van der Waals surface area contributed by atoms with Gasteiger partial charge in [-0.2, -0.15) is 5.26 Å². The van der Waals surface area contributed by atoms with Crippen molar-refractivity contribution in [2.45, 2.75) is 30.9 Å². The molecule has 0 saturated heterocycles. The van der Waals surface area contributed by atoms with Crippen LogP contribution in [0.25, 0.3) is 11.7 Å². The van der Waals surface area contributed by atoms with Gasteiger partial charge >= 0.3 is 0 Å². The van der Waals surface area contributed by atoms with E-state index in [1.807, 2.05) is 0 Å². The highest BCUT2D eigenvalue weighted by Crippen LogP contribution is 2.37. The van der Waals surface area contributed by atoms with Crippen LogP contribution in [-0.4, -0.2) is 21.9 Å². The summed E-state index contributed by atoms with van der Waals surface area (Å²) >= 11 is 2.65. The highest BCUT2D eigenvalue weighted by Gasteiger charge is 2.22. The normalized spacial score (nSPS) is 13.2. The maximum atomic E-state index is 12.3. The fourth-order valence-electron chi connectivity index (χ4n) is 2.83. The highest BCUT2D eigenvalue weighted by atomic mass is 32.2. The molecule has 0 aromatic carbocycles. The van der Waals surface area contributed by atoms with E-state index in [9.17, 15) is 10.1 Å². The third-order valence-electron chi connectivity index (χ3n) is 4.00. The summed E-state index contributed by atoms with van der Waals surface area (Å²) < 4.78 is 10.6. The first kappa shape index (κ1) is 16.9. The Kier molecular flexibility index (Phi) is 4.77. The Hall–Kier alpha value is -2.57. The molecule has 3 heterocycles. The Morgan fingerprint density at radius 3 is 3.08 bits per heavy atom. The van der Waals surface area contributed by atoms with E-state index in [-0.39, 0.29) is 22.8 Å². The first-order valence-corrected chi connectivity index (χ1v) is 9.89. The molecule has 1 N–H and O–H groups in total. The van der Waals surface area contributed by atoms with Gasteiger partial charge in [0.15, 0.2) is 5.76 Å². The Bertz CT molecular complexity index is 969. The average molecular weight is 386 g/mol. The van der Waals surface area contributed by atoms with Crippen LogP contribution in [0.5, 0.6) is 0 Å². The van der Waals surface area contributed by atoms with Crippen LogP contribution in [0.2, 0.25) is 0 Å². The first-order valence-electron chi connectivity index (χ1n) is 8.09. The van der Waals surface area contributed by atoms with Crippen molar-refractivity contribution in [2.75, 3.05) is 11.1 Å². The van der Waals surface area contributed by atoms with E-state index >= 15 is 0 Å². The number of carbonyl (C=O) groups excluding carboxylic acids is 1. The minimum atomic E-state index is -0.206. The number of thioether (sulfide) groups is 1. The van der Waals surface area contributed by atoms with Crippen molar-refractivity contribution >= 4 is 34.0 Å². The van der Waals surface area contributed by atoms with Gasteiger partial charge in [-0.25, -0.2) is 0 Å². The van der Waals surface area contributed by atoms with Crippen molar-refractivity contribution in [3.05, 3.63) is 34.4 Å². The average Bonchev–Trinajstić information content (AvgIpc) is 3.38. The number of hydrogen-bond donors (Lipinski definition) is 1. The molecule has 7 nitrogen and oxygen atoms in total. The monoisotopic (exact) mass is 386 g/mol. The molecule has 0 fully saturated rings. The Morgan fingerprint density at radius 2 is 2.27 bits per heavy atom. The zero-order chi connectivity index (χ0) is 17.9. The molecule has 0 saturated carbocycles. The number of carbonyl (C=O) groups is 1. The Morgan fingerprint density at radius 1 is 1.38 bits per heavy atom. The molecule has 0 spiro atoms. The molecule has 0 unspecified atom stereocenters. The molecule has 0 radical (unpaired) electrons. The molecule has 26 heavy (non-hydrogen) atoms. The summed E-state index contributed by atoms with van der Waals surface area (Å²) in [6, 6.07) is 5.69. The van der Waals surface area contributed by atoms with Gasteiger partial charge in [0.05, 0.1) is 17.6 Å². The number of amides is 1. The number of fused-ring (bicyclic) bond motifs is 1. The second-order valence-corrected chi connectivity index (χ2v) is 7.75. The van der Waals surface area contributed by atoms with Crippen molar-refractivity contribution in [1.82, 2.24) is 10.2 Å². The number of furan rings is 1. The predicted octanol–water partition coefficient (Wildman–Crippen LogP) is 3.87. The van der Waals surface area contributed by atoms with Crippen molar-refractivity contribution < 1.29 is 13.6 Å². The van der Waals surface area contributed by atoms with Crippen LogP contribution < -0.4 is 5.32 Å². The molecule has 3 aromatic rings. The van der Waals surface area contributed by atoms with Crippen LogP contribution in [0.4, 0.5) is 5.00 Å². The van der Waals surface area contributed by atoms with Gasteiger partial charge < -0.3 is 14.2 Å². The Labute approximate surface area is 157 Å². The summed E-state index contributed by atoms with van der Waals surface area (Å²) in [6.07, 6.45) is 5.65. The predicted molar refractivity (Wildman–Crippen MR) is 97.0 cm³/mol. The van der Waals surface area contributed by atoms with Crippen molar-refractivity contribution in [3.63, 3.8) is 0 Å². The molecule has 1 amide bonds. The van der Waals surface area contributed by atoms with Gasteiger partial charge in [-0.1, -0.05) is 11.8 Å². The van der Waals surface area contributed by atoms with Crippen LogP contribution in [0, 0.1) is 11.3 Å². The lowest BCUT2D eigenvalue weighted by molar-refractivity contribution is -0.113. The number of aromatic nitrogens is 2. The second kappa shape index (κ2) is 7.35. The minimum absolute atomic E-state index is 0.118. The first-order chi connectivity index (χ1) is 12.7. The third kappa shape index (κ3) is 3.38. The standard InChI is InChI=1S/C17H14N4O3S2/c18-8-11-10-4-1-2-6-13(10)26-16(11)19-14(22)9-25-17-21-20-15(24-17)12-5-3-7-23-12/h3,5,7H,1-2,4,6,9H2,(H,19,22). The van der Waals surface area contributed by atoms with Crippen LogP contribution >= 0.6 is 23.1 Å². The number of nitrogens with zero attached hydrogens (tertiary/aromatic N) is 3. The minimum Gasteiger partial charge on any atom is -0.459 e. The van der Waals surface area contributed by atoms with Crippen molar-refractivity contribution in [3.8, 4) is 17.7 Å². The molecular formula is C17H14N4O3S2. The molecule has 4 rings (SSSR count). The molecule has 0 aliphatic heterocycles. The number of anilines is 1. The van der Waals surface area contributed by atoms with E-state index in [0.29, 0.717) is 16.3 Å². The molecule has 1 aliphatic carbocycles. The molecule has 3 aromatic heterocycles. The lowest BCUT2D eigenvalue weighted by atomic mass is 9.96. The molecular weight excluding hydrogens is 372 g/mol. The molecule has 132 valence electrons. The topological polar surface area (TPSA) is 105 Å². The maximum absolute atomic E-state index is 12.3. The maximum Gasteiger partial charge on any atom is 0.284 e. The van der Waals surface area contributed by atoms with Crippen LogP contribution in [0.3, 0.4) is 0 Å². The summed E-state index contributed by atoms with van der Waals surface area (Å²) in [5, 5.41) is 21.0. The summed E-state index contributed by atoms with van der Waals surface area (Å²) in [5.74, 6) is 0.669. The second-order valence-electron chi connectivity index (χ2n) is 5.71. The van der Waals surface area contributed by atoms with E-state index in [2.05, 4.69) is 21.6 Å². The van der Waals surface area contributed by atoms with Crippen molar-refractivity contribution in [2.24, 2.45) is 0 Å². The summed E-state index contributed by atoms with van der Waals surface area (Å²) in [7, 11) is 0. The van der Waals surface area contributed by atoms with E-state index < -0.39 is 0 Å². The van der Waals surface area contributed by atoms with Crippen LogP contribution in [-0.2, 0) is 17.6 Å². The number of rotatable bonds is 5. The van der Waals surface area contributed by atoms with E-state index in [1.54, 1.807) is 12.1 Å². The lowest BCUT2D eigenvalue weighted by Gasteiger charge is -2.09.